The molecule has 4 aromatic rings. The van der Waals surface area contributed by atoms with Crippen molar-refractivity contribution in [3.05, 3.63) is 94.9 Å². The molecular formula is C28H28N4O3. The van der Waals surface area contributed by atoms with E-state index in [0.29, 0.717) is 23.7 Å². The Hall–Kier alpha value is -4.13. The van der Waals surface area contributed by atoms with E-state index in [0.717, 1.165) is 27.9 Å². The van der Waals surface area contributed by atoms with Crippen molar-refractivity contribution in [2.45, 2.75) is 46.3 Å². The quantitative estimate of drug-likeness (QED) is 0.456. The zero-order chi connectivity index (χ0) is 24.7. The van der Waals surface area contributed by atoms with Gasteiger partial charge in [0, 0.05) is 18.3 Å². The number of anilines is 1. The Balaban J connectivity index is 1.57. The molecule has 7 nitrogen and oxygen atoms in total. The van der Waals surface area contributed by atoms with Crippen molar-refractivity contribution in [2.24, 2.45) is 0 Å². The van der Waals surface area contributed by atoms with E-state index in [1.807, 2.05) is 63.2 Å². The van der Waals surface area contributed by atoms with E-state index < -0.39 is 5.54 Å². The molecule has 0 fully saturated rings. The number of rotatable bonds is 5. The van der Waals surface area contributed by atoms with E-state index in [4.69, 9.17) is 4.42 Å². The van der Waals surface area contributed by atoms with Gasteiger partial charge in [-0.15, -0.1) is 0 Å². The van der Waals surface area contributed by atoms with Crippen LogP contribution in [0.1, 0.15) is 39.7 Å². The number of amides is 2. The second-order valence-electron chi connectivity index (χ2n) is 9.43. The fourth-order valence-corrected chi connectivity index (χ4v) is 4.66. The van der Waals surface area contributed by atoms with Gasteiger partial charge in [-0.05, 0) is 62.6 Å². The van der Waals surface area contributed by atoms with Crippen LogP contribution in [0.5, 0.6) is 0 Å². The minimum absolute atomic E-state index is 0.210. The third-order valence-electron chi connectivity index (χ3n) is 6.56. The van der Waals surface area contributed by atoms with Gasteiger partial charge in [-0.1, -0.05) is 42.0 Å². The van der Waals surface area contributed by atoms with Crippen LogP contribution in [-0.4, -0.2) is 27.1 Å². The fraction of sp³-hybridized carbons (Fsp3) is 0.250. The summed E-state index contributed by atoms with van der Waals surface area (Å²) in [4.78, 5) is 29.4. The van der Waals surface area contributed by atoms with Crippen LogP contribution in [0.25, 0.3) is 11.5 Å². The van der Waals surface area contributed by atoms with Crippen molar-refractivity contribution < 1.29 is 14.0 Å². The standard InChI is InChI=1S/C28H28N4O3/c1-18-7-5-8-21(13-18)16-29-27(34)28(4)17-31-24(15-22(30-31)25-9-6-12-35-25)26(33)32(28)23-14-19(2)10-11-20(23)3/h5-15H,16-17H2,1-4H3,(H,29,34). The van der Waals surface area contributed by atoms with E-state index >= 15 is 0 Å². The Kier molecular flexibility index (Phi) is 5.55. The number of hydrogen-bond acceptors (Lipinski definition) is 4. The van der Waals surface area contributed by atoms with Crippen LogP contribution < -0.4 is 10.2 Å². The number of nitrogens with zero attached hydrogens (tertiary/aromatic N) is 3. The van der Waals surface area contributed by atoms with Crippen molar-refractivity contribution in [1.29, 1.82) is 0 Å². The lowest BCUT2D eigenvalue weighted by Gasteiger charge is -2.43. The highest BCUT2D eigenvalue weighted by atomic mass is 16.3. The van der Waals surface area contributed by atoms with Gasteiger partial charge in [-0.25, -0.2) is 0 Å². The van der Waals surface area contributed by atoms with Gasteiger partial charge >= 0.3 is 0 Å². The number of nitrogens with one attached hydrogen (secondary N) is 1. The summed E-state index contributed by atoms with van der Waals surface area (Å²) < 4.78 is 7.11. The number of fused-ring (bicyclic) bond motifs is 1. The van der Waals surface area contributed by atoms with Gasteiger partial charge in [0.15, 0.2) is 5.76 Å². The van der Waals surface area contributed by atoms with Crippen molar-refractivity contribution in [3.8, 4) is 11.5 Å². The molecule has 7 heteroatoms. The van der Waals surface area contributed by atoms with E-state index in [1.54, 1.807) is 41.0 Å². The number of furan rings is 1. The van der Waals surface area contributed by atoms with Crippen LogP contribution in [0.15, 0.2) is 71.3 Å². The first kappa shape index (κ1) is 22.7. The van der Waals surface area contributed by atoms with Gasteiger partial charge < -0.3 is 9.73 Å². The topological polar surface area (TPSA) is 80.4 Å². The number of carbonyl (C=O) groups excluding carboxylic acids is 2. The molecule has 2 aromatic carbocycles. The molecule has 1 atom stereocenters. The SMILES string of the molecule is Cc1cccc(CNC(=O)C2(C)Cn3nc(-c4ccco4)cc3C(=O)N2c2cc(C)ccc2C)c1. The first-order chi connectivity index (χ1) is 16.8. The molecule has 2 aromatic heterocycles. The molecule has 0 aliphatic carbocycles. The molecule has 35 heavy (non-hydrogen) atoms. The lowest BCUT2D eigenvalue weighted by atomic mass is 9.92. The molecule has 1 aliphatic heterocycles. The normalized spacial score (nSPS) is 17.4. The van der Waals surface area contributed by atoms with Gasteiger partial charge in [0.2, 0.25) is 5.91 Å². The molecule has 0 saturated heterocycles. The van der Waals surface area contributed by atoms with Crippen LogP contribution in [0, 0.1) is 20.8 Å². The highest BCUT2D eigenvalue weighted by Crippen LogP contribution is 2.36. The average Bonchev–Trinajstić information content (AvgIpc) is 3.50. The lowest BCUT2D eigenvalue weighted by Crippen LogP contribution is -2.64. The zero-order valence-corrected chi connectivity index (χ0v) is 20.3. The van der Waals surface area contributed by atoms with Crippen molar-refractivity contribution in [3.63, 3.8) is 0 Å². The number of aromatic nitrogens is 2. The molecule has 0 radical (unpaired) electrons. The maximum absolute atomic E-state index is 14.0. The molecule has 2 amide bonds. The van der Waals surface area contributed by atoms with Crippen molar-refractivity contribution in [2.75, 3.05) is 4.90 Å². The van der Waals surface area contributed by atoms with Crippen molar-refractivity contribution >= 4 is 17.5 Å². The predicted molar refractivity (Wildman–Crippen MR) is 134 cm³/mol. The highest BCUT2D eigenvalue weighted by molar-refractivity contribution is 6.12. The Morgan fingerprint density at radius 1 is 1.06 bits per heavy atom. The van der Waals surface area contributed by atoms with E-state index in [1.165, 1.54) is 0 Å². The largest absolute Gasteiger partial charge is 0.463 e. The first-order valence-corrected chi connectivity index (χ1v) is 11.6. The molecule has 0 spiro atoms. The summed E-state index contributed by atoms with van der Waals surface area (Å²) in [5.41, 5.74) is 4.55. The predicted octanol–water partition coefficient (Wildman–Crippen LogP) is 4.80. The van der Waals surface area contributed by atoms with E-state index in [2.05, 4.69) is 10.4 Å². The smallest absolute Gasteiger partial charge is 0.277 e. The van der Waals surface area contributed by atoms with Crippen LogP contribution >= 0.6 is 0 Å². The summed E-state index contributed by atoms with van der Waals surface area (Å²) >= 11 is 0. The summed E-state index contributed by atoms with van der Waals surface area (Å²) in [7, 11) is 0. The summed E-state index contributed by atoms with van der Waals surface area (Å²) in [5.74, 6) is 0.0565. The van der Waals surface area contributed by atoms with Crippen molar-refractivity contribution in [1.82, 2.24) is 15.1 Å². The number of benzene rings is 2. The molecule has 178 valence electrons. The molecule has 3 heterocycles. The summed E-state index contributed by atoms with van der Waals surface area (Å²) in [6, 6.07) is 19.2. The molecule has 1 unspecified atom stereocenters. The zero-order valence-electron chi connectivity index (χ0n) is 20.3. The molecule has 0 bridgehead atoms. The lowest BCUT2D eigenvalue weighted by molar-refractivity contribution is -0.126. The Bertz CT molecular complexity index is 1420. The molecule has 1 aliphatic rings. The van der Waals surface area contributed by atoms with Gasteiger partial charge in [0.05, 0.1) is 12.8 Å². The molecule has 0 saturated carbocycles. The minimum atomic E-state index is -1.20. The molecule has 1 N–H and O–H groups in total. The fourth-order valence-electron chi connectivity index (χ4n) is 4.66. The van der Waals surface area contributed by atoms with Crippen LogP contribution in [0.3, 0.4) is 0 Å². The molecule has 5 rings (SSSR count). The molecular weight excluding hydrogens is 440 g/mol. The van der Waals surface area contributed by atoms with Gasteiger partial charge in [0.25, 0.3) is 5.91 Å². The van der Waals surface area contributed by atoms with Gasteiger partial charge in [-0.2, -0.15) is 5.10 Å². The monoisotopic (exact) mass is 468 g/mol. The Morgan fingerprint density at radius 3 is 2.60 bits per heavy atom. The summed E-state index contributed by atoms with van der Waals surface area (Å²) in [6.07, 6.45) is 1.57. The summed E-state index contributed by atoms with van der Waals surface area (Å²) in [5, 5.41) is 7.68. The highest BCUT2D eigenvalue weighted by Gasteiger charge is 2.49. The maximum atomic E-state index is 14.0. The van der Waals surface area contributed by atoms with Gasteiger partial charge in [-0.3, -0.25) is 19.2 Å². The van der Waals surface area contributed by atoms with Crippen LogP contribution in [0.4, 0.5) is 5.69 Å². The number of carbonyl (C=O) groups is 2. The number of hydrogen-bond donors (Lipinski definition) is 1. The Labute approximate surface area is 204 Å². The van der Waals surface area contributed by atoms with Gasteiger partial charge in [0.1, 0.15) is 16.9 Å². The first-order valence-electron chi connectivity index (χ1n) is 11.6. The second-order valence-corrected chi connectivity index (χ2v) is 9.43. The maximum Gasteiger partial charge on any atom is 0.277 e. The minimum Gasteiger partial charge on any atom is -0.463 e. The van der Waals surface area contributed by atoms with Crippen LogP contribution in [0.2, 0.25) is 0 Å². The summed E-state index contributed by atoms with van der Waals surface area (Å²) in [6.45, 7) is 8.33. The third-order valence-corrected chi connectivity index (χ3v) is 6.56. The number of aryl methyl sites for hydroxylation is 3. The van der Waals surface area contributed by atoms with Crippen LogP contribution in [-0.2, 0) is 17.9 Å². The van der Waals surface area contributed by atoms with E-state index in [9.17, 15) is 9.59 Å². The van der Waals surface area contributed by atoms with E-state index in [-0.39, 0.29) is 18.4 Å². The third kappa shape index (κ3) is 4.03. The second kappa shape index (κ2) is 8.58. The average molecular weight is 469 g/mol. The Morgan fingerprint density at radius 2 is 1.86 bits per heavy atom.